The molecule has 1 fully saturated rings. The second-order valence-electron chi connectivity index (χ2n) is 7.89. The quantitative estimate of drug-likeness (QED) is 0.834. The smallest absolute Gasteiger partial charge is 0.254 e. The molecule has 0 radical (unpaired) electrons. The fraction of sp³-hybridized carbons (Fsp3) is 0.571. The van der Waals surface area contributed by atoms with E-state index < -0.39 is 0 Å². The van der Waals surface area contributed by atoms with E-state index in [1.54, 1.807) is 0 Å². The van der Waals surface area contributed by atoms with E-state index in [2.05, 4.69) is 16.2 Å². The fourth-order valence-corrected chi connectivity index (χ4v) is 4.17. The molecule has 1 aliphatic carbocycles. The lowest BCUT2D eigenvalue weighted by Gasteiger charge is -2.32. The van der Waals surface area contributed by atoms with E-state index in [1.807, 2.05) is 30.9 Å². The Hall–Kier alpha value is -2.17. The summed E-state index contributed by atoms with van der Waals surface area (Å²) in [4.78, 5) is 19.8. The predicted octanol–water partition coefficient (Wildman–Crippen LogP) is 4.09. The maximum absolute atomic E-state index is 13.2. The van der Waals surface area contributed by atoms with Crippen LogP contribution in [0.3, 0.4) is 0 Å². The minimum Gasteiger partial charge on any atom is -0.339 e. The summed E-state index contributed by atoms with van der Waals surface area (Å²) in [5, 5.41) is 4.17. The Morgan fingerprint density at radius 2 is 2.08 bits per heavy atom. The number of carbonyl (C=O) groups excluding carboxylic acids is 1. The highest BCUT2D eigenvalue weighted by Crippen LogP contribution is 2.29. The van der Waals surface area contributed by atoms with E-state index in [9.17, 15) is 4.79 Å². The Morgan fingerprint density at radius 1 is 1.23 bits per heavy atom. The number of benzene rings is 1. The number of piperidine rings is 1. The number of fused-ring (bicyclic) bond motifs is 1. The second-order valence-corrected chi connectivity index (χ2v) is 7.89. The molecule has 1 aromatic carbocycles. The van der Waals surface area contributed by atoms with Gasteiger partial charge in [-0.15, -0.1) is 0 Å². The average molecular weight is 353 g/mol. The van der Waals surface area contributed by atoms with Crippen molar-refractivity contribution in [3.8, 4) is 0 Å². The molecule has 0 spiro atoms. The highest BCUT2D eigenvalue weighted by Gasteiger charge is 2.30. The first kappa shape index (κ1) is 17.3. The molecular formula is C21H27N3O2. The minimum atomic E-state index is 0.168. The molecule has 1 unspecified atom stereocenters. The van der Waals surface area contributed by atoms with Crippen LogP contribution in [0.2, 0.25) is 0 Å². The second kappa shape index (κ2) is 7.22. The summed E-state index contributed by atoms with van der Waals surface area (Å²) in [6.45, 7) is 5.59. The topological polar surface area (TPSA) is 59.2 Å². The van der Waals surface area contributed by atoms with Gasteiger partial charge in [-0.2, -0.15) is 4.98 Å². The highest BCUT2D eigenvalue weighted by molar-refractivity contribution is 5.96. The van der Waals surface area contributed by atoms with Crippen LogP contribution in [0.5, 0.6) is 0 Å². The standard InChI is InChI=1S/C21H27N3O2/c1-14(2)20-22-19(23-26-20)16-9-6-12-24(13-16)21(25)18-11-5-8-15-7-3-4-10-17(15)18/h5,8,11,14,16H,3-4,6-7,9-10,12-13H2,1-2H3. The summed E-state index contributed by atoms with van der Waals surface area (Å²) in [5.74, 6) is 2.00. The summed E-state index contributed by atoms with van der Waals surface area (Å²) in [7, 11) is 0. The van der Waals surface area contributed by atoms with E-state index in [4.69, 9.17) is 4.52 Å². The molecule has 0 N–H and O–H groups in total. The van der Waals surface area contributed by atoms with E-state index in [0.717, 1.165) is 43.6 Å². The Kier molecular flexibility index (Phi) is 4.79. The lowest BCUT2D eigenvalue weighted by Crippen LogP contribution is -2.40. The molecule has 1 saturated heterocycles. The van der Waals surface area contributed by atoms with Crippen molar-refractivity contribution in [3.63, 3.8) is 0 Å². The van der Waals surface area contributed by atoms with Gasteiger partial charge in [-0.3, -0.25) is 4.79 Å². The number of rotatable bonds is 3. The number of likely N-dealkylation sites (tertiary alicyclic amines) is 1. The normalized spacial score (nSPS) is 20.3. The fourth-order valence-electron chi connectivity index (χ4n) is 4.17. The summed E-state index contributed by atoms with van der Waals surface area (Å²) < 4.78 is 5.37. The van der Waals surface area contributed by atoms with Gasteiger partial charge in [0.25, 0.3) is 5.91 Å². The molecule has 0 saturated carbocycles. The van der Waals surface area contributed by atoms with Crippen LogP contribution in [0, 0.1) is 0 Å². The monoisotopic (exact) mass is 353 g/mol. The van der Waals surface area contributed by atoms with Gasteiger partial charge in [0, 0.05) is 30.5 Å². The third kappa shape index (κ3) is 3.27. The van der Waals surface area contributed by atoms with Gasteiger partial charge in [0.05, 0.1) is 0 Å². The third-order valence-corrected chi connectivity index (χ3v) is 5.65. The van der Waals surface area contributed by atoms with E-state index in [1.165, 1.54) is 24.0 Å². The largest absolute Gasteiger partial charge is 0.339 e. The zero-order chi connectivity index (χ0) is 18.1. The van der Waals surface area contributed by atoms with Crippen LogP contribution in [0.4, 0.5) is 0 Å². The van der Waals surface area contributed by atoms with Gasteiger partial charge in [-0.05, 0) is 55.7 Å². The van der Waals surface area contributed by atoms with Gasteiger partial charge in [0.1, 0.15) is 0 Å². The Balaban J connectivity index is 1.53. The summed E-state index contributed by atoms with van der Waals surface area (Å²) in [5.41, 5.74) is 3.53. The number of aryl methyl sites for hydroxylation is 1. The van der Waals surface area contributed by atoms with Crippen LogP contribution < -0.4 is 0 Å². The minimum absolute atomic E-state index is 0.168. The Bertz CT molecular complexity index is 796. The first-order valence-corrected chi connectivity index (χ1v) is 9.87. The maximum atomic E-state index is 13.2. The van der Waals surface area contributed by atoms with Crippen LogP contribution in [-0.2, 0) is 12.8 Å². The lowest BCUT2D eigenvalue weighted by molar-refractivity contribution is 0.0702. The van der Waals surface area contributed by atoms with E-state index in [-0.39, 0.29) is 17.7 Å². The Labute approximate surface area is 154 Å². The third-order valence-electron chi connectivity index (χ3n) is 5.65. The van der Waals surface area contributed by atoms with Crippen LogP contribution >= 0.6 is 0 Å². The molecule has 0 bridgehead atoms. The number of carbonyl (C=O) groups is 1. The molecule has 1 amide bonds. The van der Waals surface area contributed by atoms with Crippen molar-refractivity contribution in [1.29, 1.82) is 0 Å². The van der Waals surface area contributed by atoms with Crippen molar-refractivity contribution in [1.82, 2.24) is 15.0 Å². The highest BCUT2D eigenvalue weighted by atomic mass is 16.5. The predicted molar refractivity (Wildman–Crippen MR) is 99.3 cm³/mol. The van der Waals surface area contributed by atoms with Crippen molar-refractivity contribution in [2.24, 2.45) is 0 Å². The first-order chi connectivity index (χ1) is 12.6. The molecule has 1 aromatic heterocycles. The van der Waals surface area contributed by atoms with E-state index >= 15 is 0 Å². The molecule has 1 atom stereocenters. The van der Waals surface area contributed by atoms with Gasteiger partial charge >= 0.3 is 0 Å². The summed E-state index contributed by atoms with van der Waals surface area (Å²) in [6.07, 6.45) is 6.52. The Morgan fingerprint density at radius 3 is 2.88 bits per heavy atom. The molecule has 1 aliphatic heterocycles. The molecule has 2 aromatic rings. The van der Waals surface area contributed by atoms with Crippen molar-refractivity contribution < 1.29 is 9.32 Å². The molecule has 5 heteroatoms. The van der Waals surface area contributed by atoms with Crippen molar-refractivity contribution in [2.45, 2.75) is 64.2 Å². The van der Waals surface area contributed by atoms with Crippen molar-refractivity contribution >= 4 is 5.91 Å². The van der Waals surface area contributed by atoms with Gasteiger partial charge in [0.15, 0.2) is 5.82 Å². The number of nitrogens with zero attached hydrogens (tertiary/aromatic N) is 3. The lowest BCUT2D eigenvalue weighted by atomic mass is 9.87. The van der Waals surface area contributed by atoms with Crippen LogP contribution in [0.15, 0.2) is 22.7 Å². The molecule has 5 nitrogen and oxygen atoms in total. The number of hydrogen-bond donors (Lipinski definition) is 0. The molecule has 2 aliphatic rings. The molecule has 138 valence electrons. The molecule has 4 rings (SSSR count). The van der Waals surface area contributed by atoms with Gasteiger partial charge < -0.3 is 9.42 Å². The van der Waals surface area contributed by atoms with Crippen LogP contribution in [0.1, 0.15) is 84.6 Å². The zero-order valence-corrected chi connectivity index (χ0v) is 15.7. The summed E-state index contributed by atoms with van der Waals surface area (Å²) in [6, 6.07) is 6.21. The molecule has 26 heavy (non-hydrogen) atoms. The number of aromatic nitrogens is 2. The summed E-state index contributed by atoms with van der Waals surface area (Å²) >= 11 is 0. The van der Waals surface area contributed by atoms with Gasteiger partial charge in [0.2, 0.25) is 5.89 Å². The van der Waals surface area contributed by atoms with Crippen molar-refractivity contribution in [3.05, 3.63) is 46.6 Å². The zero-order valence-electron chi connectivity index (χ0n) is 15.7. The number of hydrogen-bond acceptors (Lipinski definition) is 4. The first-order valence-electron chi connectivity index (χ1n) is 9.87. The number of amides is 1. The van der Waals surface area contributed by atoms with Crippen LogP contribution in [0.25, 0.3) is 0 Å². The van der Waals surface area contributed by atoms with Gasteiger partial charge in [-0.1, -0.05) is 31.1 Å². The molecule has 2 heterocycles. The van der Waals surface area contributed by atoms with Crippen molar-refractivity contribution in [2.75, 3.05) is 13.1 Å². The average Bonchev–Trinajstić information content (AvgIpc) is 3.18. The van der Waals surface area contributed by atoms with Crippen LogP contribution in [-0.4, -0.2) is 34.0 Å². The van der Waals surface area contributed by atoms with E-state index in [0.29, 0.717) is 12.4 Å². The SMILES string of the molecule is CC(C)c1nc(C2CCCN(C(=O)c3cccc4c3CCCC4)C2)no1. The molecular weight excluding hydrogens is 326 g/mol. The maximum Gasteiger partial charge on any atom is 0.254 e. The van der Waals surface area contributed by atoms with Gasteiger partial charge in [-0.25, -0.2) is 0 Å².